The first kappa shape index (κ1) is 13.5. The Bertz CT molecular complexity index is 439. The van der Waals surface area contributed by atoms with E-state index in [0.717, 1.165) is 0 Å². The maximum absolute atomic E-state index is 12.0. The second-order valence-corrected chi connectivity index (χ2v) is 4.53. The molecule has 1 N–H and O–H groups in total. The normalized spacial score (nSPS) is 18.3. The Kier molecular flexibility index (Phi) is 4.10. The van der Waals surface area contributed by atoms with Gasteiger partial charge in [-0.1, -0.05) is 5.21 Å². The lowest BCUT2D eigenvalue weighted by molar-refractivity contribution is -0.144. The molecule has 0 bridgehead atoms. The van der Waals surface area contributed by atoms with Crippen LogP contribution >= 0.6 is 0 Å². The summed E-state index contributed by atoms with van der Waals surface area (Å²) in [4.78, 5) is 26.5. The number of carbonyl (C=O) groups excluding carboxylic acids is 1. The largest absolute Gasteiger partial charge is 0.480 e. The molecular formula is C11H17N5O3. The molecule has 0 aromatic carbocycles. The summed E-state index contributed by atoms with van der Waals surface area (Å²) in [6.45, 7) is 4.09. The van der Waals surface area contributed by atoms with Gasteiger partial charge in [-0.25, -0.2) is 4.68 Å². The monoisotopic (exact) mass is 267 g/mol. The number of amides is 1. The molecular weight excluding hydrogens is 250 g/mol. The zero-order chi connectivity index (χ0) is 13.8. The number of piperazine rings is 1. The second kappa shape index (κ2) is 5.79. The number of hydrogen-bond donors (Lipinski definition) is 1. The van der Waals surface area contributed by atoms with Crippen molar-refractivity contribution in [3.63, 3.8) is 0 Å². The van der Waals surface area contributed by atoms with Gasteiger partial charge in [0.05, 0.1) is 6.20 Å². The minimum atomic E-state index is -0.831. The highest BCUT2D eigenvalue weighted by molar-refractivity contribution is 5.76. The quantitative estimate of drug-likeness (QED) is 0.744. The van der Waals surface area contributed by atoms with Crippen LogP contribution < -0.4 is 0 Å². The third-order valence-electron chi connectivity index (χ3n) is 3.34. The lowest BCUT2D eigenvalue weighted by Gasteiger charge is -2.36. The van der Waals surface area contributed by atoms with Crippen LogP contribution in [0, 0.1) is 0 Å². The zero-order valence-electron chi connectivity index (χ0n) is 10.8. The van der Waals surface area contributed by atoms with E-state index < -0.39 is 12.0 Å². The predicted octanol–water partition coefficient (Wildman–Crippen LogP) is -1.10. The molecule has 8 heteroatoms. The van der Waals surface area contributed by atoms with E-state index in [1.165, 1.54) is 10.9 Å². The molecule has 0 aliphatic carbocycles. The molecule has 0 radical (unpaired) electrons. The van der Waals surface area contributed by atoms with Crippen LogP contribution in [0.1, 0.15) is 6.92 Å². The average molecular weight is 267 g/mol. The molecule has 1 aromatic rings. The van der Waals surface area contributed by atoms with Gasteiger partial charge in [-0.15, -0.1) is 5.10 Å². The highest BCUT2D eigenvalue weighted by Gasteiger charge is 2.27. The van der Waals surface area contributed by atoms with Crippen molar-refractivity contribution >= 4 is 11.9 Å². The van der Waals surface area contributed by atoms with Gasteiger partial charge in [0.25, 0.3) is 0 Å². The summed E-state index contributed by atoms with van der Waals surface area (Å²) in [5, 5.41) is 16.3. The molecule has 0 spiro atoms. The van der Waals surface area contributed by atoms with Crippen molar-refractivity contribution in [1.29, 1.82) is 0 Å². The van der Waals surface area contributed by atoms with Gasteiger partial charge in [-0.2, -0.15) is 0 Å². The Morgan fingerprint density at radius 2 is 2.00 bits per heavy atom. The van der Waals surface area contributed by atoms with E-state index in [2.05, 4.69) is 10.3 Å². The molecule has 104 valence electrons. The van der Waals surface area contributed by atoms with Gasteiger partial charge in [0.1, 0.15) is 12.6 Å². The van der Waals surface area contributed by atoms with Crippen molar-refractivity contribution in [2.45, 2.75) is 19.5 Å². The fourth-order valence-corrected chi connectivity index (χ4v) is 2.07. The van der Waals surface area contributed by atoms with E-state index in [0.29, 0.717) is 26.2 Å². The summed E-state index contributed by atoms with van der Waals surface area (Å²) in [6, 6.07) is -0.507. The number of rotatable bonds is 4. The molecule has 1 aliphatic heterocycles. The summed E-state index contributed by atoms with van der Waals surface area (Å²) in [6.07, 6.45) is 3.17. The van der Waals surface area contributed by atoms with Crippen molar-refractivity contribution in [2.75, 3.05) is 26.2 Å². The Balaban J connectivity index is 1.83. The van der Waals surface area contributed by atoms with E-state index in [-0.39, 0.29) is 12.5 Å². The van der Waals surface area contributed by atoms with Crippen molar-refractivity contribution in [3.8, 4) is 0 Å². The first-order valence-corrected chi connectivity index (χ1v) is 6.16. The van der Waals surface area contributed by atoms with Crippen LogP contribution in [0.3, 0.4) is 0 Å². The van der Waals surface area contributed by atoms with Crippen molar-refractivity contribution < 1.29 is 14.7 Å². The lowest BCUT2D eigenvalue weighted by atomic mass is 10.2. The molecule has 8 nitrogen and oxygen atoms in total. The third-order valence-corrected chi connectivity index (χ3v) is 3.34. The first-order chi connectivity index (χ1) is 9.08. The van der Waals surface area contributed by atoms with Gasteiger partial charge in [0.15, 0.2) is 0 Å². The molecule has 2 heterocycles. The van der Waals surface area contributed by atoms with E-state index in [9.17, 15) is 9.59 Å². The fourth-order valence-electron chi connectivity index (χ4n) is 2.07. The fraction of sp³-hybridized carbons (Fsp3) is 0.636. The van der Waals surface area contributed by atoms with Gasteiger partial charge >= 0.3 is 5.97 Å². The molecule has 1 fully saturated rings. The number of nitrogens with zero attached hydrogens (tertiary/aromatic N) is 5. The molecule has 1 amide bonds. The minimum Gasteiger partial charge on any atom is -0.480 e. The topological polar surface area (TPSA) is 91.6 Å². The Morgan fingerprint density at radius 3 is 2.53 bits per heavy atom. The highest BCUT2D eigenvalue weighted by Crippen LogP contribution is 2.07. The number of aromatic nitrogens is 3. The van der Waals surface area contributed by atoms with Crippen LogP contribution in [0.2, 0.25) is 0 Å². The number of aliphatic carboxylic acids is 1. The molecule has 19 heavy (non-hydrogen) atoms. The van der Waals surface area contributed by atoms with Crippen molar-refractivity contribution in [1.82, 2.24) is 24.8 Å². The minimum absolute atomic E-state index is 0.0203. The summed E-state index contributed by atoms with van der Waals surface area (Å²) >= 11 is 0. The average Bonchev–Trinajstić information content (AvgIpc) is 2.90. The molecule has 1 unspecified atom stereocenters. The van der Waals surface area contributed by atoms with Crippen LogP contribution in [0.5, 0.6) is 0 Å². The van der Waals surface area contributed by atoms with Gasteiger partial charge in [-0.3, -0.25) is 14.5 Å². The van der Waals surface area contributed by atoms with E-state index >= 15 is 0 Å². The van der Waals surface area contributed by atoms with Crippen LogP contribution in [0.15, 0.2) is 12.4 Å². The Labute approximate surface area is 110 Å². The van der Waals surface area contributed by atoms with Crippen LogP contribution in [0.25, 0.3) is 0 Å². The maximum atomic E-state index is 12.0. The molecule has 1 aromatic heterocycles. The van der Waals surface area contributed by atoms with Crippen LogP contribution in [0.4, 0.5) is 0 Å². The Hall–Kier alpha value is -1.96. The van der Waals surface area contributed by atoms with Crippen molar-refractivity contribution in [2.24, 2.45) is 0 Å². The number of carbonyl (C=O) groups is 2. The highest BCUT2D eigenvalue weighted by atomic mass is 16.4. The maximum Gasteiger partial charge on any atom is 0.320 e. The number of hydrogen-bond acceptors (Lipinski definition) is 5. The second-order valence-electron chi connectivity index (χ2n) is 4.53. The van der Waals surface area contributed by atoms with Crippen LogP contribution in [-0.2, 0) is 16.1 Å². The van der Waals surface area contributed by atoms with Gasteiger partial charge in [0, 0.05) is 32.4 Å². The zero-order valence-corrected chi connectivity index (χ0v) is 10.8. The summed E-state index contributed by atoms with van der Waals surface area (Å²) in [5.41, 5.74) is 0. The van der Waals surface area contributed by atoms with Gasteiger partial charge in [0.2, 0.25) is 5.91 Å². The van der Waals surface area contributed by atoms with E-state index in [1.54, 1.807) is 18.0 Å². The molecule has 1 aliphatic rings. The van der Waals surface area contributed by atoms with Gasteiger partial charge < -0.3 is 10.0 Å². The SMILES string of the molecule is CC(C(=O)O)N1CCN(C(=O)Cn2ccnn2)CC1. The van der Waals surface area contributed by atoms with E-state index in [1.807, 2.05) is 4.90 Å². The molecule has 1 atom stereocenters. The van der Waals surface area contributed by atoms with Gasteiger partial charge in [-0.05, 0) is 6.92 Å². The summed E-state index contributed by atoms with van der Waals surface area (Å²) in [7, 11) is 0. The van der Waals surface area contributed by atoms with Crippen molar-refractivity contribution in [3.05, 3.63) is 12.4 Å². The summed E-state index contributed by atoms with van der Waals surface area (Å²) in [5.74, 6) is -0.851. The van der Waals surface area contributed by atoms with E-state index in [4.69, 9.17) is 5.11 Å². The third kappa shape index (κ3) is 3.28. The lowest BCUT2D eigenvalue weighted by Crippen LogP contribution is -2.53. The molecule has 2 rings (SSSR count). The number of carboxylic acid groups (broad SMARTS) is 1. The molecule has 0 saturated carbocycles. The smallest absolute Gasteiger partial charge is 0.320 e. The predicted molar refractivity (Wildman–Crippen MR) is 65.3 cm³/mol. The summed E-state index contributed by atoms with van der Waals surface area (Å²) < 4.78 is 1.48. The molecule has 1 saturated heterocycles. The Morgan fingerprint density at radius 1 is 1.32 bits per heavy atom. The van der Waals surface area contributed by atoms with Crippen LogP contribution in [-0.4, -0.2) is 74.0 Å². The first-order valence-electron chi connectivity index (χ1n) is 6.16. The number of carboxylic acids is 1. The standard InChI is InChI=1S/C11H17N5O3/c1-9(11(18)19)14-4-6-15(7-5-14)10(17)8-16-3-2-12-13-16/h2-3,9H,4-8H2,1H3,(H,18,19).